The molecule has 0 saturated heterocycles. The molecular weight excluding hydrogens is 358 g/mol. The molecule has 144 valence electrons. The molecule has 8 heteroatoms. The van der Waals surface area contributed by atoms with Crippen LogP contribution < -0.4 is 20.1 Å². The van der Waals surface area contributed by atoms with Crippen molar-refractivity contribution in [3.8, 4) is 11.5 Å². The first-order chi connectivity index (χ1) is 13.0. The van der Waals surface area contributed by atoms with Crippen LogP contribution in [0.4, 0.5) is 8.78 Å². The molecule has 2 aromatic carbocycles. The Morgan fingerprint density at radius 2 is 1.74 bits per heavy atom. The van der Waals surface area contributed by atoms with Crippen LogP contribution >= 0.6 is 0 Å². The molecule has 27 heavy (non-hydrogen) atoms. The molecule has 0 spiro atoms. The largest absolute Gasteiger partial charge is 0.493 e. The third kappa shape index (κ3) is 5.40. The first-order valence-electron chi connectivity index (χ1n) is 8.23. The number of carbonyl (C=O) groups is 2. The Morgan fingerprint density at radius 1 is 1.04 bits per heavy atom. The summed E-state index contributed by atoms with van der Waals surface area (Å²) in [6.07, 6.45) is 0. The van der Waals surface area contributed by atoms with Crippen molar-refractivity contribution in [3.05, 3.63) is 59.2 Å². The van der Waals surface area contributed by atoms with E-state index in [-0.39, 0.29) is 29.5 Å². The second kappa shape index (κ2) is 9.51. The van der Waals surface area contributed by atoms with E-state index in [1.165, 1.54) is 25.3 Å². The molecule has 0 aliphatic carbocycles. The molecule has 2 amide bonds. The van der Waals surface area contributed by atoms with E-state index >= 15 is 0 Å². The predicted octanol–water partition coefficient (Wildman–Crippen LogP) is 2.98. The summed E-state index contributed by atoms with van der Waals surface area (Å²) in [6.45, 7) is -0.582. The summed E-state index contributed by atoms with van der Waals surface area (Å²) >= 11 is 0. The Morgan fingerprint density at radius 3 is 2.33 bits per heavy atom. The number of alkyl halides is 2. The van der Waals surface area contributed by atoms with Gasteiger partial charge in [-0.05, 0) is 36.8 Å². The van der Waals surface area contributed by atoms with E-state index in [2.05, 4.69) is 15.4 Å². The molecule has 0 fully saturated rings. The zero-order valence-electron chi connectivity index (χ0n) is 14.9. The number of para-hydroxylation sites is 1. The summed E-state index contributed by atoms with van der Waals surface area (Å²) in [5.41, 5.74) is 1.19. The van der Waals surface area contributed by atoms with E-state index in [0.717, 1.165) is 5.56 Å². The normalized spacial score (nSPS) is 10.4. The van der Waals surface area contributed by atoms with Gasteiger partial charge in [0.05, 0.1) is 12.7 Å². The molecule has 0 unspecified atom stereocenters. The van der Waals surface area contributed by atoms with Crippen molar-refractivity contribution in [2.75, 3.05) is 13.7 Å². The maximum Gasteiger partial charge on any atom is 0.387 e. The standard InChI is InChI=1S/C19H20F2N2O4/c1-3-22-17(24)13-9-7-12(8-10-13)11-23-18(25)14-5-4-6-15(26-2)16(14)27-19(20)21/h4-10,19H,3,11H2,1-2H3,(H,22,24)(H,23,25). The summed E-state index contributed by atoms with van der Waals surface area (Å²) in [5, 5.41) is 5.32. The Hall–Kier alpha value is -3.16. The lowest BCUT2D eigenvalue weighted by atomic mass is 10.1. The highest BCUT2D eigenvalue weighted by Crippen LogP contribution is 2.32. The minimum absolute atomic E-state index is 0.0363. The van der Waals surface area contributed by atoms with Gasteiger partial charge in [0.25, 0.3) is 11.8 Å². The summed E-state index contributed by atoms with van der Waals surface area (Å²) in [6, 6.07) is 11.0. The average molecular weight is 378 g/mol. The van der Waals surface area contributed by atoms with Gasteiger partial charge in [0, 0.05) is 18.7 Å². The van der Waals surface area contributed by atoms with E-state index in [4.69, 9.17) is 4.74 Å². The molecule has 0 saturated carbocycles. The van der Waals surface area contributed by atoms with Gasteiger partial charge in [-0.2, -0.15) is 8.78 Å². The van der Waals surface area contributed by atoms with Crippen LogP contribution in [-0.4, -0.2) is 32.1 Å². The molecule has 0 bridgehead atoms. The summed E-state index contributed by atoms with van der Waals surface area (Å²) in [5.74, 6) is -1.05. The topological polar surface area (TPSA) is 76.7 Å². The second-order valence-electron chi connectivity index (χ2n) is 5.45. The minimum Gasteiger partial charge on any atom is -0.493 e. The molecule has 0 aromatic heterocycles. The third-order valence-corrected chi connectivity index (χ3v) is 3.66. The van der Waals surface area contributed by atoms with Crippen LogP contribution in [0.3, 0.4) is 0 Å². The van der Waals surface area contributed by atoms with Crippen LogP contribution in [0.5, 0.6) is 11.5 Å². The quantitative estimate of drug-likeness (QED) is 0.740. The number of amides is 2. The Kier molecular flexibility index (Phi) is 7.10. The van der Waals surface area contributed by atoms with Crippen LogP contribution in [0.25, 0.3) is 0 Å². The van der Waals surface area contributed by atoms with Crippen LogP contribution in [-0.2, 0) is 6.54 Å². The highest BCUT2D eigenvalue weighted by molar-refractivity contribution is 5.98. The lowest BCUT2D eigenvalue weighted by Crippen LogP contribution is -2.24. The van der Waals surface area contributed by atoms with E-state index in [1.807, 2.05) is 6.92 Å². The van der Waals surface area contributed by atoms with E-state index in [0.29, 0.717) is 12.1 Å². The van der Waals surface area contributed by atoms with Crippen LogP contribution in [0, 0.1) is 0 Å². The molecule has 0 aliphatic heterocycles. The van der Waals surface area contributed by atoms with Gasteiger partial charge in [-0.25, -0.2) is 0 Å². The summed E-state index contributed by atoms with van der Waals surface area (Å²) in [4.78, 5) is 24.1. The van der Waals surface area contributed by atoms with Gasteiger partial charge < -0.3 is 20.1 Å². The lowest BCUT2D eigenvalue weighted by molar-refractivity contribution is -0.0515. The molecule has 0 atom stereocenters. The van der Waals surface area contributed by atoms with Crippen LogP contribution in [0.1, 0.15) is 33.2 Å². The van der Waals surface area contributed by atoms with E-state index < -0.39 is 12.5 Å². The van der Waals surface area contributed by atoms with Gasteiger partial charge in [-0.1, -0.05) is 18.2 Å². The highest BCUT2D eigenvalue weighted by atomic mass is 19.3. The van der Waals surface area contributed by atoms with E-state index in [9.17, 15) is 18.4 Å². The minimum atomic E-state index is -3.09. The van der Waals surface area contributed by atoms with Crippen molar-refractivity contribution >= 4 is 11.8 Å². The number of halogens is 2. The van der Waals surface area contributed by atoms with Crippen molar-refractivity contribution in [1.29, 1.82) is 0 Å². The Balaban J connectivity index is 2.08. The van der Waals surface area contributed by atoms with Gasteiger partial charge in [-0.3, -0.25) is 9.59 Å². The number of rotatable bonds is 8. The van der Waals surface area contributed by atoms with Gasteiger partial charge in [0.15, 0.2) is 11.5 Å². The lowest BCUT2D eigenvalue weighted by Gasteiger charge is -2.14. The second-order valence-corrected chi connectivity index (χ2v) is 5.45. The van der Waals surface area contributed by atoms with Crippen molar-refractivity contribution in [2.24, 2.45) is 0 Å². The number of ether oxygens (including phenoxy) is 2. The van der Waals surface area contributed by atoms with Crippen molar-refractivity contribution < 1.29 is 27.8 Å². The molecule has 0 heterocycles. The summed E-state index contributed by atoms with van der Waals surface area (Å²) in [7, 11) is 1.30. The fourth-order valence-electron chi connectivity index (χ4n) is 2.38. The summed E-state index contributed by atoms with van der Waals surface area (Å²) < 4.78 is 34.7. The predicted molar refractivity (Wildman–Crippen MR) is 95.2 cm³/mol. The van der Waals surface area contributed by atoms with E-state index in [1.54, 1.807) is 24.3 Å². The van der Waals surface area contributed by atoms with Gasteiger partial charge in [0.2, 0.25) is 0 Å². The van der Waals surface area contributed by atoms with Gasteiger partial charge in [0.1, 0.15) is 0 Å². The van der Waals surface area contributed by atoms with Crippen molar-refractivity contribution in [3.63, 3.8) is 0 Å². The van der Waals surface area contributed by atoms with Gasteiger partial charge >= 0.3 is 6.61 Å². The first kappa shape index (κ1) is 20.2. The zero-order valence-corrected chi connectivity index (χ0v) is 14.9. The number of benzene rings is 2. The smallest absolute Gasteiger partial charge is 0.387 e. The maximum atomic E-state index is 12.6. The Bertz CT molecular complexity index is 795. The Labute approximate surface area is 155 Å². The zero-order chi connectivity index (χ0) is 19.8. The first-order valence-corrected chi connectivity index (χ1v) is 8.23. The average Bonchev–Trinajstić information content (AvgIpc) is 2.66. The van der Waals surface area contributed by atoms with Crippen molar-refractivity contribution in [1.82, 2.24) is 10.6 Å². The fourth-order valence-corrected chi connectivity index (χ4v) is 2.38. The molecule has 0 radical (unpaired) electrons. The number of carbonyl (C=O) groups excluding carboxylic acids is 2. The highest BCUT2D eigenvalue weighted by Gasteiger charge is 2.20. The third-order valence-electron chi connectivity index (χ3n) is 3.66. The number of hydrogen-bond donors (Lipinski definition) is 2. The molecule has 6 nitrogen and oxygen atoms in total. The number of hydrogen-bond acceptors (Lipinski definition) is 4. The maximum absolute atomic E-state index is 12.6. The van der Waals surface area contributed by atoms with Gasteiger partial charge in [-0.15, -0.1) is 0 Å². The molecule has 2 rings (SSSR count). The molecule has 2 aromatic rings. The SMILES string of the molecule is CCNC(=O)c1ccc(CNC(=O)c2cccc(OC)c2OC(F)F)cc1. The number of nitrogens with one attached hydrogen (secondary N) is 2. The van der Waals surface area contributed by atoms with Crippen molar-refractivity contribution in [2.45, 2.75) is 20.1 Å². The monoisotopic (exact) mass is 378 g/mol. The molecule has 2 N–H and O–H groups in total. The van der Waals surface area contributed by atoms with Crippen LogP contribution in [0.2, 0.25) is 0 Å². The number of methoxy groups -OCH3 is 1. The fraction of sp³-hybridized carbons (Fsp3) is 0.263. The molecular formula is C19H20F2N2O4. The van der Waals surface area contributed by atoms with Crippen LogP contribution in [0.15, 0.2) is 42.5 Å². The molecule has 0 aliphatic rings.